The van der Waals surface area contributed by atoms with Crippen molar-refractivity contribution in [1.29, 1.82) is 5.26 Å². The van der Waals surface area contributed by atoms with Crippen LogP contribution in [0.2, 0.25) is 0 Å². The van der Waals surface area contributed by atoms with E-state index in [9.17, 15) is 9.90 Å². The third-order valence-corrected chi connectivity index (χ3v) is 5.34. The molecule has 0 saturated heterocycles. The van der Waals surface area contributed by atoms with E-state index in [4.69, 9.17) is 5.26 Å². The highest BCUT2D eigenvalue weighted by Gasteiger charge is 2.12. The van der Waals surface area contributed by atoms with Crippen LogP contribution in [0.15, 0.2) is 48.5 Å². The predicted molar refractivity (Wildman–Crippen MR) is 124 cm³/mol. The number of anilines is 1. The van der Waals surface area contributed by atoms with Crippen LogP contribution in [-0.4, -0.2) is 53.5 Å². The number of aliphatic hydroxyl groups excluding tert-OH is 1. The van der Waals surface area contributed by atoms with Crippen molar-refractivity contribution >= 4 is 11.6 Å². The van der Waals surface area contributed by atoms with E-state index in [1.807, 2.05) is 42.5 Å². The lowest BCUT2D eigenvalue weighted by atomic mass is 10.1. The zero-order valence-electron chi connectivity index (χ0n) is 18.7. The van der Waals surface area contributed by atoms with Gasteiger partial charge in [-0.05, 0) is 74.4 Å². The highest BCUT2D eigenvalue weighted by atomic mass is 16.3. The van der Waals surface area contributed by atoms with Gasteiger partial charge in [0.1, 0.15) is 0 Å². The average molecular weight is 423 g/mol. The number of carbonyl (C=O) groups is 1. The Labute approximate surface area is 186 Å². The molecule has 0 aliphatic heterocycles. The molecule has 6 heteroatoms. The summed E-state index contributed by atoms with van der Waals surface area (Å²) < 4.78 is 0. The minimum atomic E-state index is -0.0764. The number of aliphatic hydroxyl groups is 1. The fourth-order valence-electron chi connectivity index (χ4n) is 3.52. The summed E-state index contributed by atoms with van der Waals surface area (Å²) in [5.41, 5.74) is 3.17. The molecule has 2 aromatic rings. The van der Waals surface area contributed by atoms with Gasteiger partial charge in [-0.2, -0.15) is 5.26 Å². The Morgan fingerprint density at radius 3 is 2.29 bits per heavy atom. The summed E-state index contributed by atoms with van der Waals surface area (Å²) in [4.78, 5) is 17.2. The van der Waals surface area contributed by atoms with E-state index in [0.29, 0.717) is 17.8 Å². The van der Waals surface area contributed by atoms with Gasteiger partial charge in [-0.3, -0.25) is 9.69 Å². The van der Waals surface area contributed by atoms with Gasteiger partial charge in [-0.25, -0.2) is 0 Å². The lowest BCUT2D eigenvalue weighted by Gasteiger charge is -2.23. The van der Waals surface area contributed by atoms with Crippen molar-refractivity contribution < 1.29 is 9.90 Å². The van der Waals surface area contributed by atoms with Crippen LogP contribution in [0.5, 0.6) is 0 Å². The molecule has 2 N–H and O–H groups in total. The first-order valence-corrected chi connectivity index (χ1v) is 11.0. The van der Waals surface area contributed by atoms with E-state index in [2.05, 4.69) is 35.0 Å². The second kappa shape index (κ2) is 13.6. The van der Waals surface area contributed by atoms with Crippen molar-refractivity contribution in [1.82, 2.24) is 9.80 Å². The van der Waals surface area contributed by atoms with Crippen molar-refractivity contribution in [2.45, 2.75) is 39.8 Å². The van der Waals surface area contributed by atoms with Gasteiger partial charge in [-0.15, -0.1) is 0 Å². The summed E-state index contributed by atoms with van der Waals surface area (Å²) in [6, 6.07) is 16.9. The van der Waals surface area contributed by atoms with Crippen LogP contribution in [0.4, 0.5) is 5.69 Å². The van der Waals surface area contributed by atoms with Crippen LogP contribution in [0.25, 0.3) is 0 Å². The Hall–Kier alpha value is -2.72. The summed E-state index contributed by atoms with van der Waals surface area (Å²) in [5.74, 6) is -0.0764. The molecule has 0 bridgehead atoms. The van der Waals surface area contributed by atoms with Crippen molar-refractivity contribution in [3.05, 3.63) is 65.2 Å². The maximum atomic E-state index is 12.7. The average Bonchev–Trinajstić information content (AvgIpc) is 2.79. The first kappa shape index (κ1) is 24.5. The summed E-state index contributed by atoms with van der Waals surface area (Å²) in [5, 5.41) is 21.2. The Bertz CT molecular complexity index is 841. The smallest absolute Gasteiger partial charge is 0.238 e. The fraction of sp³-hybridized carbons (Fsp3) is 0.440. The third kappa shape index (κ3) is 8.89. The molecular weight excluding hydrogens is 388 g/mol. The molecule has 2 aromatic carbocycles. The summed E-state index contributed by atoms with van der Waals surface area (Å²) >= 11 is 0. The van der Waals surface area contributed by atoms with Crippen molar-refractivity contribution in [2.75, 3.05) is 38.0 Å². The Kier molecular flexibility index (Phi) is 10.7. The lowest BCUT2D eigenvalue weighted by Crippen LogP contribution is -2.34. The quantitative estimate of drug-likeness (QED) is 0.482. The van der Waals surface area contributed by atoms with E-state index in [0.717, 1.165) is 50.1 Å². The topological polar surface area (TPSA) is 79.6 Å². The normalized spacial score (nSPS) is 11.0. The van der Waals surface area contributed by atoms with Crippen molar-refractivity contribution in [2.24, 2.45) is 0 Å². The van der Waals surface area contributed by atoms with Crippen LogP contribution in [0.3, 0.4) is 0 Å². The van der Waals surface area contributed by atoms with E-state index < -0.39 is 0 Å². The largest absolute Gasteiger partial charge is 0.392 e. The third-order valence-electron chi connectivity index (χ3n) is 5.34. The van der Waals surface area contributed by atoms with Crippen LogP contribution >= 0.6 is 0 Å². The summed E-state index contributed by atoms with van der Waals surface area (Å²) in [6.07, 6.45) is 2.10. The van der Waals surface area contributed by atoms with Gasteiger partial charge in [0, 0.05) is 12.2 Å². The van der Waals surface area contributed by atoms with E-state index >= 15 is 0 Å². The Morgan fingerprint density at radius 2 is 1.68 bits per heavy atom. The standard InChI is InChI=1S/C25H34N4O2/c1-3-28(4-2)14-5-6-15-29(18-22-12-10-21(17-26)11-13-22)19-25(31)27-24-9-7-8-23(16-24)20-30/h7-13,16,30H,3-6,14-15,18-20H2,1-2H3,(H,27,31). The molecule has 0 heterocycles. The molecule has 0 spiro atoms. The number of carbonyl (C=O) groups excluding carboxylic acids is 1. The van der Waals surface area contributed by atoms with Crippen LogP contribution in [-0.2, 0) is 17.9 Å². The number of rotatable bonds is 13. The van der Waals surface area contributed by atoms with E-state index in [1.165, 1.54) is 0 Å². The van der Waals surface area contributed by atoms with Crippen LogP contribution in [0.1, 0.15) is 43.4 Å². The fourth-order valence-corrected chi connectivity index (χ4v) is 3.52. The molecule has 2 rings (SSSR count). The Balaban J connectivity index is 1.97. The van der Waals surface area contributed by atoms with Crippen LogP contribution in [0, 0.1) is 11.3 Å². The number of nitrogens with zero attached hydrogens (tertiary/aromatic N) is 3. The van der Waals surface area contributed by atoms with Gasteiger partial charge >= 0.3 is 0 Å². The van der Waals surface area contributed by atoms with Gasteiger partial charge in [0.25, 0.3) is 0 Å². The molecule has 0 aromatic heterocycles. The SMILES string of the molecule is CCN(CC)CCCCN(CC(=O)Nc1cccc(CO)c1)Cc1ccc(C#N)cc1. The number of amides is 1. The monoisotopic (exact) mass is 422 g/mol. The first-order valence-electron chi connectivity index (χ1n) is 11.0. The van der Waals surface area contributed by atoms with Gasteiger partial charge in [-0.1, -0.05) is 38.1 Å². The number of hydrogen-bond donors (Lipinski definition) is 2. The minimum absolute atomic E-state index is 0.0545. The second-order valence-corrected chi connectivity index (χ2v) is 7.66. The highest BCUT2D eigenvalue weighted by molar-refractivity contribution is 5.92. The van der Waals surface area contributed by atoms with Crippen LogP contribution < -0.4 is 5.32 Å². The zero-order valence-corrected chi connectivity index (χ0v) is 18.7. The highest BCUT2D eigenvalue weighted by Crippen LogP contribution is 2.12. The molecule has 0 saturated carbocycles. The van der Waals surface area contributed by atoms with Crippen molar-refractivity contribution in [3.63, 3.8) is 0 Å². The zero-order chi connectivity index (χ0) is 22.5. The molecule has 0 aliphatic carbocycles. The molecule has 1 amide bonds. The first-order chi connectivity index (χ1) is 15.1. The maximum Gasteiger partial charge on any atom is 0.238 e. The van der Waals surface area contributed by atoms with Gasteiger partial charge < -0.3 is 15.3 Å². The number of unbranched alkanes of at least 4 members (excludes halogenated alkanes) is 1. The number of hydrogen-bond acceptors (Lipinski definition) is 5. The molecular formula is C25H34N4O2. The Morgan fingerprint density at radius 1 is 1.00 bits per heavy atom. The maximum absolute atomic E-state index is 12.7. The molecule has 0 aliphatic rings. The second-order valence-electron chi connectivity index (χ2n) is 7.66. The van der Waals surface area contributed by atoms with Gasteiger partial charge in [0.15, 0.2) is 0 Å². The summed E-state index contributed by atoms with van der Waals surface area (Å²) in [6.45, 7) is 9.25. The molecule has 166 valence electrons. The van der Waals surface area contributed by atoms with Gasteiger partial charge in [0.2, 0.25) is 5.91 Å². The molecule has 0 atom stereocenters. The molecule has 0 radical (unpaired) electrons. The van der Waals surface area contributed by atoms with Gasteiger partial charge in [0.05, 0.1) is 24.8 Å². The number of nitriles is 1. The van der Waals surface area contributed by atoms with E-state index in [-0.39, 0.29) is 19.1 Å². The van der Waals surface area contributed by atoms with E-state index in [1.54, 1.807) is 6.07 Å². The molecule has 31 heavy (non-hydrogen) atoms. The predicted octanol–water partition coefficient (Wildman–Crippen LogP) is 3.61. The summed E-state index contributed by atoms with van der Waals surface area (Å²) in [7, 11) is 0. The lowest BCUT2D eigenvalue weighted by molar-refractivity contribution is -0.117. The number of benzene rings is 2. The number of nitrogens with one attached hydrogen (secondary N) is 1. The molecule has 0 fully saturated rings. The molecule has 6 nitrogen and oxygen atoms in total. The molecule has 0 unspecified atom stereocenters. The van der Waals surface area contributed by atoms with Crippen molar-refractivity contribution in [3.8, 4) is 6.07 Å². The minimum Gasteiger partial charge on any atom is -0.392 e.